The molecule has 1 aromatic carbocycles. The highest BCUT2D eigenvalue weighted by Crippen LogP contribution is 2.28. The summed E-state index contributed by atoms with van der Waals surface area (Å²) in [4.78, 5) is 17.1. The van der Waals surface area contributed by atoms with Crippen LogP contribution in [0.1, 0.15) is 56.1 Å². The van der Waals surface area contributed by atoms with Gasteiger partial charge in [-0.25, -0.2) is 0 Å². The summed E-state index contributed by atoms with van der Waals surface area (Å²) < 4.78 is 2.34. The molecule has 7 heteroatoms. The summed E-state index contributed by atoms with van der Waals surface area (Å²) in [5, 5.41) is 18.0. The van der Waals surface area contributed by atoms with Crippen LogP contribution in [0.3, 0.4) is 0 Å². The average molecular weight is 407 g/mol. The number of anilines is 1. The molecule has 0 radical (unpaired) electrons. The third kappa shape index (κ3) is 4.71. The maximum atomic E-state index is 13.1. The first-order chi connectivity index (χ1) is 14.8. The first-order valence-electron chi connectivity index (χ1n) is 11.1. The maximum absolute atomic E-state index is 13.1. The Balaban J connectivity index is 1.44. The Morgan fingerprint density at radius 3 is 2.83 bits per heavy atom. The van der Waals surface area contributed by atoms with Crippen molar-refractivity contribution < 1.29 is 4.79 Å². The Hall–Kier alpha value is -2.72. The predicted molar refractivity (Wildman–Crippen MR) is 115 cm³/mol. The van der Waals surface area contributed by atoms with Crippen molar-refractivity contribution in [3.8, 4) is 6.07 Å². The second-order valence-corrected chi connectivity index (χ2v) is 8.30. The predicted octanol–water partition coefficient (Wildman–Crippen LogP) is 3.13. The topological polar surface area (TPSA) is 78.1 Å². The Labute approximate surface area is 178 Å². The number of piperidine rings is 1. The fourth-order valence-corrected chi connectivity index (χ4v) is 4.66. The Bertz CT molecular complexity index is 887. The fourth-order valence-electron chi connectivity index (χ4n) is 4.66. The molecule has 7 nitrogen and oxygen atoms in total. The zero-order chi connectivity index (χ0) is 20.8. The van der Waals surface area contributed by atoms with Crippen LogP contribution < -0.4 is 4.90 Å². The summed E-state index contributed by atoms with van der Waals surface area (Å²) in [6, 6.07) is 11.8. The van der Waals surface area contributed by atoms with E-state index in [1.54, 1.807) is 4.90 Å². The lowest BCUT2D eigenvalue weighted by atomic mass is 9.97. The van der Waals surface area contributed by atoms with Gasteiger partial charge >= 0.3 is 0 Å². The van der Waals surface area contributed by atoms with Crippen molar-refractivity contribution in [2.24, 2.45) is 0 Å². The van der Waals surface area contributed by atoms with E-state index in [-0.39, 0.29) is 5.91 Å². The SMILES string of the molecule is N#CCCN(C(=O)CN1CCCC(c2nnc3n2CCCCC3)C1)c1ccccc1. The number of aromatic nitrogens is 3. The first-order valence-corrected chi connectivity index (χ1v) is 11.1. The van der Waals surface area contributed by atoms with Crippen LogP contribution in [0.5, 0.6) is 0 Å². The number of aryl methyl sites for hydroxylation is 1. The molecule has 0 saturated carbocycles. The smallest absolute Gasteiger partial charge is 0.241 e. The van der Waals surface area contributed by atoms with Gasteiger partial charge in [-0.15, -0.1) is 10.2 Å². The number of amides is 1. The summed E-state index contributed by atoms with van der Waals surface area (Å²) in [5.74, 6) is 2.61. The summed E-state index contributed by atoms with van der Waals surface area (Å²) in [6.45, 7) is 3.57. The van der Waals surface area contributed by atoms with E-state index in [4.69, 9.17) is 5.26 Å². The van der Waals surface area contributed by atoms with Crippen molar-refractivity contribution in [3.05, 3.63) is 42.0 Å². The van der Waals surface area contributed by atoms with Gasteiger partial charge < -0.3 is 9.47 Å². The van der Waals surface area contributed by atoms with E-state index >= 15 is 0 Å². The minimum absolute atomic E-state index is 0.0529. The van der Waals surface area contributed by atoms with E-state index in [0.717, 1.165) is 56.2 Å². The van der Waals surface area contributed by atoms with Gasteiger partial charge in [0.15, 0.2) is 0 Å². The van der Waals surface area contributed by atoms with Crippen molar-refractivity contribution in [1.82, 2.24) is 19.7 Å². The van der Waals surface area contributed by atoms with Crippen LogP contribution in [0.4, 0.5) is 5.69 Å². The monoisotopic (exact) mass is 406 g/mol. The van der Waals surface area contributed by atoms with Gasteiger partial charge in [-0.1, -0.05) is 24.6 Å². The molecule has 158 valence electrons. The Morgan fingerprint density at radius 1 is 1.13 bits per heavy atom. The van der Waals surface area contributed by atoms with Gasteiger partial charge in [0, 0.05) is 37.7 Å². The lowest BCUT2D eigenvalue weighted by Gasteiger charge is -2.33. The van der Waals surface area contributed by atoms with Crippen LogP contribution in [-0.4, -0.2) is 51.8 Å². The van der Waals surface area contributed by atoms with E-state index in [1.165, 1.54) is 19.3 Å². The first kappa shape index (κ1) is 20.5. The quantitative estimate of drug-likeness (QED) is 0.736. The van der Waals surface area contributed by atoms with E-state index in [2.05, 4.69) is 25.7 Å². The molecule has 1 saturated heterocycles. The highest BCUT2D eigenvalue weighted by Gasteiger charge is 2.29. The van der Waals surface area contributed by atoms with Crippen LogP contribution in [0.25, 0.3) is 0 Å². The normalized spacial score (nSPS) is 19.5. The number of fused-ring (bicyclic) bond motifs is 1. The van der Waals surface area contributed by atoms with Crippen molar-refractivity contribution in [2.45, 2.75) is 57.4 Å². The van der Waals surface area contributed by atoms with E-state index < -0.39 is 0 Å². The van der Waals surface area contributed by atoms with Gasteiger partial charge in [0.1, 0.15) is 11.6 Å². The number of rotatable bonds is 6. The Morgan fingerprint density at radius 2 is 2.00 bits per heavy atom. The average Bonchev–Trinajstić information content (AvgIpc) is 3.03. The van der Waals surface area contributed by atoms with Gasteiger partial charge in [-0.2, -0.15) is 5.26 Å². The molecule has 1 atom stereocenters. The molecular formula is C23H30N6O. The third-order valence-corrected chi connectivity index (χ3v) is 6.18. The van der Waals surface area contributed by atoms with Crippen LogP contribution in [-0.2, 0) is 17.8 Å². The minimum atomic E-state index is 0.0529. The fraction of sp³-hybridized carbons (Fsp3) is 0.565. The third-order valence-electron chi connectivity index (χ3n) is 6.18. The zero-order valence-electron chi connectivity index (χ0n) is 17.5. The van der Waals surface area contributed by atoms with Crippen LogP contribution >= 0.6 is 0 Å². The molecular weight excluding hydrogens is 376 g/mol. The molecule has 1 aromatic heterocycles. The van der Waals surface area contributed by atoms with Crippen LogP contribution in [0.15, 0.2) is 30.3 Å². The molecule has 2 aromatic rings. The maximum Gasteiger partial charge on any atom is 0.241 e. The second kappa shape index (κ2) is 9.86. The number of hydrogen-bond acceptors (Lipinski definition) is 5. The number of nitriles is 1. The highest BCUT2D eigenvalue weighted by atomic mass is 16.2. The molecule has 1 unspecified atom stereocenters. The lowest BCUT2D eigenvalue weighted by Crippen LogP contribution is -2.44. The van der Waals surface area contributed by atoms with Gasteiger partial charge in [-0.3, -0.25) is 9.69 Å². The molecule has 1 fully saturated rings. The summed E-state index contributed by atoms with van der Waals surface area (Å²) in [6.07, 6.45) is 7.15. The van der Waals surface area contributed by atoms with Crippen LogP contribution in [0.2, 0.25) is 0 Å². The van der Waals surface area contributed by atoms with Gasteiger partial charge in [0.05, 0.1) is 19.0 Å². The summed E-state index contributed by atoms with van der Waals surface area (Å²) in [5.41, 5.74) is 0.856. The molecule has 1 amide bonds. The van der Waals surface area contributed by atoms with Crippen LogP contribution in [0, 0.1) is 11.3 Å². The molecule has 3 heterocycles. The van der Waals surface area contributed by atoms with Crippen molar-refractivity contribution >= 4 is 11.6 Å². The number of hydrogen-bond donors (Lipinski definition) is 0. The number of likely N-dealkylation sites (tertiary alicyclic amines) is 1. The number of carbonyl (C=O) groups excluding carboxylic acids is 1. The highest BCUT2D eigenvalue weighted by molar-refractivity contribution is 5.94. The molecule has 0 spiro atoms. The molecule has 0 N–H and O–H groups in total. The summed E-state index contributed by atoms with van der Waals surface area (Å²) >= 11 is 0. The number of para-hydroxylation sites is 1. The molecule has 2 aliphatic heterocycles. The molecule has 0 bridgehead atoms. The van der Waals surface area contributed by atoms with Crippen molar-refractivity contribution in [2.75, 3.05) is 31.1 Å². The summed E-state index contributed by atoms with van der Waals surface area (Å²) in [7, 11) is 0. The second-order valence-electron chi connectivity index (χ2n) is 8.30. The number of carbonyl (C=O) groups is 1. The molecule has 30 heavy (non-hydrogen) atoms. The molecule has 4 rings (SSSR count). The standard InChI is InChI=1S/C23H30N6O/c24-13-8-16-28(20-10-3-1-4-11-20)22(30)18-27-14-7-9-19(17-27)23-26-25-21-12-5-2-6-15-29(21)23/h1,3-4,10-11,19H,2,5-9,12,14-18H2. The van der Waals surface area contributed by atoms with Crippen molar-refractivity contribution in [3.63, 3.8) is 0 Å². The lowest BCUT2D eigenvalue weighted by molar-refractivity contribution is -0.120. The molecule has 0 aliphatic carbocycles. The zero-order valence-corrected chi connectivity index (χ0v) is 17.5. The Kier molecular flexibility index (Phi) is 6.75. The van der Waals surface area contributed by atoms with E-state index in [0.29, 0.717) is 25.4 Å². The van der Waals surface area contributed by atoms with Gasteiger partial charge in [0.2, 0.25) is 5.91 Å². The van der Waals surface area contributed by atoms with Crippen molar-refractivity contribution in [1.29, 1.82) is 5.26 Å². The number of benzene rings is 1. The van der Waals surface area contributed by atoms with E-state index in [9.17, 15) is 4.79 Å². The number of nitrogens with zero attached hydrogens (tertiary/aromatic N) is 6. The van der Waals surface area contributed by atoms with Gasteiger partial charge in [0.25, 0.3) is 0 Å². The minimum Gasteiger partial charge on any atom is -0.315 e. The largest absolute Gasteiger partial charge is 0.315 e. The van der Waals surface area contributed by atoms with E-state index in [1.807, 2.05) is 30.3 Å². The van der Waals surface area contributed by atoms with Gasteiger partial charge in [-0.05, 0) is 44.4 Å². The molecule has 2 aliphatic rings.